The quantitative estimate of drug-likeness (QED) is 0.730. The molecule has 2 N–H and O–H groups in total. The van der Waals surface area contributed by atoms with E-state index in [0.29, 0.717) is 11.3 Å². The summed E-state index contributed by atoms with van der Waals surface area (Å²) < 4.78 is 9.99. The Hall–Kier alpha value is -2.67. The summed E-state index contributed by atoms with van der Waals surface area (Å²) in [5, 5.41) is 16.4. The SMILES string of the molecule is COC(=O)[C@@H](NCC(=O)Cc1cc(C(C)(C)C)no1)c1cccc(O)c1. The third-order valence-electron chi connectivity index (χ3n) is 3.84. The number of phenolic OH excluding ortho intramolecular Hbond substituents is 1. The van der Waals surface area contributed by atoms with Crippen LogP contribution in [0.2, 0.25) is 0 Å². The molecule has 0 unspecified atom stereocenters. The molecular weight excluding hydrogens is 336 g/mol. The number of nitrogens with one attached hydrogen (secondary N) is 1. The first-order valence-electron chi connectivity index (χ1n) is 8.28. The zero-order chi connectivity index (χ0) is 19.3. The minimum atomic E-state index is -0.851. The minimum Gasteiger partial charge on any atom is -0.508 e. The molecule has 1 aromatic carbocycles. The first-order chi connectivity index (χ1) is 12.2. The highest BCUT2D eigenvalue weighted by Crippen LogP contribution is 2.22. The van der Waals surface area contributed by atoms with Gasteiger partial charge in [0.15, 0.2) is 5.78 Å². The molecule has 0 bridgehead atoms. The number of esters is 1. The first-order valence-corrected chi connectivity index (χ1v) is 8.28. The van der Waals surface area contributed by atoms with E-state index in [4.69, 9.17) is 9.26 Å². The van der Waals surface area contributed by atoms with Gasteiger partial charge in [0.25, 0.3) is 0 Å². The van der Waals surface area contributed by atoms with Crippen molar-refractivity contribution >= 4 is 11.8 Å². The van der Waals surface area contributed by atoms with Gasteiger partial charge in [-0.2, -0.15) is 0 Å². The highest BCUT2D eigenvalue weighted by molar-refractivity contribution is 5.84. The van der Waals surface area contributed by atoms with Crippen molar-refractivity contribution in [1.29, 1.82) is 0 Å². The maximum Gasteiger partial charge on any atom is 0.327 e. The van der Waals surface area contributed by atoms with Crippen molar-refractivity contribution in [2.24, 2.45) is 0 Å². The number of hydrogen-bond donors (Lipinski definition) is 2. The van der Waals surface area contributed by atoms with Crippen molar-refractivity contribution in [3.05, 3.63) is 47.3 Å². The van der Waals surface area contributed by atoms with Crippen LogP contribution in [0.5, 0.6) is 5.75 Å². The molecule has 0 fully saturated rings. The fourth-order valence-corrected chi connectivity index (χ4v) is 2.38. The molecule has 1 heterocycles. The Morgan fingerprint density at radius 3 is 2.62 bits per heavy atom. The molecule has 0 aliphatic carbocycles. The van der Waals surface area contributed by atoms with Crippen LogP contribution in [0, 0.1) is 0 Å². The number of carbonyl (C=O) groups excluding carboxylic acids is 2. The molecule has 0 saturated heterocycles. The van der Waals surface area contributed by atoms with E-state index in [1.54, 1.807) is 18.2 Å². The predicted molar refractivity (Wildman–Crippen MR) is 94.8 cm³/mol. The Balaban J connectivity index is 2.01. The molecule has 2 aromatic rings. The summed E-state index contributed by atoms with van der Waals surface area (Å²) in [6.07, 6.45) is 0.0734. The third kappa shape index (κ3) is 5.16. The molecule has 0 aliphatic heterocycles. The van der Waals surface area contributed by atoms with E-state index >= 15 is 0 Å². The second-order valence-electron chi connectivity index (χ2n) is 7.08. The Bertz CT molecular complexity index is 776. The number of ketones is 1. The van der Waals surface area contributed by atoms with Gasteiger partial charge in [-0.25, -0.2) is 4.79 Å². The van der Waals surface area contributed by atoms with E-state index in [0.717, 1.165) is 5.69 Å². The van der Waals surface area contributed by atoms with Crippen molar-refractivity contribution in [3.63, 3.8) is 0 Å². The van der Waals surface area contributed by atoms with Gasteiger partial charge < -0.3 is 14.4 Å². The molecule has 0 amide bonds. The molecule has 0 radical (unpaired) electrons. The third-order valence-corrected chi connectivity index (χ3v) is 3.84. The van der Waals surface area contributed by atoms with E-state index in [9.17, 15) is 14.7 Å². The van der Waals surface area contributed by atoms with E-state index in [2.05, 4.69) is 10.5 Å². The summed E-state index contributed by atoms with van der Waals surface area (Å²) in [7, 11) is 1.27. The van der Waals surface area contributed by atoms with E-state index < -0.39 is 12.0 Å². The number of methoxy groups -OCH3 is 1. The molecule has 1 atom stereocenters. The molecule has 0 spiro atoms. The van der Waals surface area contributed by atoms with Crippen molar-refractivity contribution in [2.45, 2.75) is 38.6 Å². The summed E-state index contributed by atoms with van der Waals surface area (Å²) in [5.74, 6) is -0.191. The molecule has 7 nitrogen and oxygen atoms in total. The molecule has 140 valence electrons. The maximum atomic E-state index is 12.2. The molecular formula is C19H24N2O5. The van der Waals surface area contributed by atoms with E-state index in [-0.39, 0.29) is 29.9 Å². The highest BCUT2D eigenvalue weighted by atomic mass is 16.5. The van der Waals surface area contributed by atoms with E-state index in [1.165, 1.54) is 19.2 Å². The summed E-state index contributed by atoms with van der Waals surface area (Å²) in [6.45, 7) is 5.97. The largest absolute Gasteiger partial charge is 0.508 e. The average Bonchev–Trinajstić information content (AvgIpc) is 3.03. The number of aromatic hydroxyl groups is 1. The zero-order valence-corrected chi connectivity index (χ0v) is 15.4. The first kappa shape index (κ1) is 19.7. The summed E-state index contributed by atoms with van der Waals surface area (Å²) in [6, 6.07) is 7.16. The summed E-state index contributed by atoms with van der Waals surface area (Å²) in [4.78, 5) is 24.2. The number of aromatic nitrogens is 1. The van der Waals surface area contributed by atoms with Crippen LogP contribution in [0.4, 0.5) is 0 Å². The Morgan fingerprint density at radius 1 is 1.31 bits per heavy atom. The number of ether oxygens (including phenoxy) is 1. The Morgan fingerprint density at radius 2 is 2.04 bits per heavy atom. The van der Waals surface area contributed by atoms with Crippen LogP contribution in [-0.2, 0) is 26.2 Å². The standard InChI is InChI=1S/C19H24N2O5/c1-19(2,3)16-10-15(26-21-16)9-14(23)11-20-17(18(24)25-4)12-6-5-7-13(22)8-12/h5-8,10,17,20,22H,9,11H2,1-4H3/t17-/m0/s1. The van der Waals surface area contributed by atoms with Crippen molar-refractivity contribution in [1.82, 2.24) is 10.5 Å². The number of phenols is 1. The van der Waals surface area contributed by atoms with Gasteiger partial charge in [0, 0.05) is 11.5 Å². The molecule has 1 aromatic heterocycles. The second-order valence-corrected chi connectivity index (χ2v) is 7.08. The number of carbonyl (C=O) groups is 2. The van der Waals surface area contributed by atoms with Crippen LogP contribution < -0.4 is 5.32 Å². The number of rotatable bonds is 7. The fraction of sp³-hybridized carbons (Fsp3) is 0.421. The van der Waals surface area contributed by atoms with Crippen molar-refractivity contribution in [3.8, 4) is 5.75 Å². The van der Waals surface area contributed by atoms with Gasteiger partial charge in [0.05, 0.1) is 25.8 Å². The van der Waals surface area contributed by atoms with Crippen LogP contribution in [0.3, 0.4) is 0 Å². The Labute approximate surface area is 152 Å². The van der Waals surface area contributed by atoms with Crippen molar-refractivity contribution in [2.75, 3.05) is 13.7 Å². The normalized spacial score (nSPS) is 12.6. The van der Waals surface area contributed by atoms with Gasteiger partial charge in [-0.3, -0.25) is 10.1 Å². The van der Waals surface area contributed by atoms with Crippen molar-refractivity contribution < 1.29 is 24.0 Å². The van der Waals surface area contributed by atoms with Gasteiger partial charge in [-0.05, 0) is 17.7 Å². The van der Waals surface area contributed by atoms with Crippen LogP contribution >= 0.6 is 0 Å². The number of Topliss-reactive ketones (excluding diaryl/α,β-unsaturated/α-hetero) is 1. The van der Waals surface area contributed by atoms with Gasteiger partial charge in [-0.15, -0.1) is 0 Å². The molecule has 7 heteroatoms. The molecule has 26 heavy (non-hydrogen) atoms. The van der Waals surface area contributed by atoms with Crippen LogP contribution in [0.25, 0.3) is 0 Å². The predicted octanol–water partition coefficient (Wildman–Crippen LogP) is 2.29. The lowest BCUT2D eigenvalue weighted by atomic mass is 9.92. The van der Waals surface area contributed by atoms with Crippen LogP contribution in [0.15, 0.2) is 34.9 Å². The van der Waals surface area contributed by atoms with Crippen LogP contribution in [0.1, 0.15) is 43.8 Å². The average molecular weight is 360 g/mol. The lowest BCUT2D eigenvalue weighted by Crippen LogP contribution is -2.34. The zero-order valence-electron chi connectivity index (χ0n) is 15.4. The highest BCUT2D eigenvalue weighted by Gasteiger charge is 2.23. The smallest absolute Gasteiger partial charge is 0.327 e. The monoisotopic (exact) mass is 360 g/mol. The second kappa shape index (κ2) is 8.14. The Kier molecular flexibility index (Phi) is 6.15. The molecule has 0 saturated carbocycles. The van der Waals surface area contributed by atoms with Gasteiger partial charge in [-0.1, -0.05) is 38.1 Å². The number of hydrogen-bond acceptors (Lipinski definition) is 7. The lowest BCUT2D eigenvalue weighted by Gasteiger charge is -2.16. The number of benzene rings is 1. The van der Waals surface area contributed by atoms with Gasteiger partial charge in [0.2, 0.25) is 0 Å². The van der Waals surface area contributed by atoms with Gasteiger partial charge >= 0.3 is 5.97 Å². The minimum absolute atomic E-state index is 0.0286. The molecule has 0 aliphatic rings. The number of nitrogens with zero attached hydrogens (tertiary/aromatic N) is 1. The van der Waals surface area contributed by atoms with E-state index in [1.807, 2.05) is 20.8 Å². The summed E-state index contributed by atoms with van der Waals surface area (Å²) in [5.41, 5.74) is 1.13. The van der Waals surface area contributed by atoms with Crippen LogP contribution in [-0.4, -0.2) is 35.7 Å². The van der Waals surface area contributed by atoms with Gasteiger partial charge in [0.1, 0.15) is 17.6 Å². The topological polar surface area (TPSA) is 102 Å². The molecule has 2 rings (SSSR count). The summed E-state index contributed by atoms with van der Waals surface area (Å²) >= 11 is 0. The maximum absolute atomic E-state index is 12.2. The lowest BCUT2D eigenvalue weighted by molar-refractivity contribution is -0.143. The fourth-order valence-electron chi connectivity index (χ4n) is 2.38.